The maximum Gasteiger partial charge on any atom is 0.230 e. The average Bonchev–Trinajstić information content (AvgIpc) is 2.38. The van der Waals surface area contributed by atoms with Crippen LogP contribution in [0.25, 0.3) is 0 Å². The maximum absolute atomic E-state index is 12.3. The molecule has 0 saturated carbocycles. The Hall–Kier alpha value is -1.51. The van der Waals surface area contributed by atoms with Gasteiger partial charge in [0.05, 0.1) is 12.5 Å². The Morgan fingerprint density at radius 3 is 2.56 bits per heavy atom. The molecule has 0 aliphatic heterocycles. The predicted octanol–water partition coefficient (Wildman–Crippen LogP) is 2.89. The van der Waals surface area contributed by atoms with Gasteiger partial charge in [-0.2, -0.15) is 0 Å². The molecule has 0 aliphatic carbocycles. The number of methoxy groups -OCH3 is 1. The van der Waals surface area contributed by atoms with E-state index in [1.165, 1.54) is 0 Å². The van der Waals surface area contributed by atoms with Crippen molar-refractivity contribution in [1.82, 2.24) is 5.32 Å². The number of ether oxygens (including phenoxy) is 1. The Morgan fingerprint density at radius 2 is 2.00 bits per heavy atom. The molecule has 1 rings (SSSR count). The number of hydrogen-bond donors (Lipinski definition) is 1. The van der Waals surface area contributed by atoms with Crippen molar-refractivity contribution in [3.63, 3.8) is 0 Å². The molecule has 3 heteroatoms. The molecule has 0 bridgehead atoms. The number of hydrogen-bond acceptors (Lipinski definition) is 2. The average molecular weight is 249 g/mol. The standard InChI is InChI=1S/C15H23NO2/c1-6-11(2)16-14(17)15(3,4)12-9-7-8-10-13(12)18-5/h7-11H,6H2,1-5H3,(H,16,17). The minimum absolute atomic E-state index is 0.0290. The molecule has 0 saturated heterocycles. The van der Waals surface area contributed by atoms with Crippen LogP contribution in [0.3, 0.4) is 0 Å². The summed E-state index contributed by atoms with van der Waals surface area (Å²) in [5.41, 5.74) is 0.309. The van der Waals surface area contributed by atoms with Crippen LogP contribution >= 0.6 is 0 Å². The van der Waals surface area contributed by atoms with Gasteiger partial charge in [-0.1, -0.05) is 25.1 Å². The minimum atomic E-state index is -0.601. The molecule has 1 aromatic carbocycles. The first-order valence-corrected chi connectivity index (χ1v) is 6.38. The first-order chi connectivity index (χ1) is 8.43. The van der Waals surface area contributed by atoms with Crippen LogP contribution in [0.5, 0.6) is 5.75 Å². The van der Waals surface area contributed by atoms with Crippen molar-refractivity contribution >= 4 is 5.91 Å². The van der Waals surface area contributed by atoms with Gasteiger partial charge >= 0.3 is 0 Å². The molecule has 3 nitrogen and oxygen atoms in total. The van der Waals surface area contributed by atoms with Gasteiger partial charge < -0.3 is 10.1 Å². The number of carbonyl (C=O) groups is 1. The Kier molecular flexibility index (Phi) is 4.76. The van der Waals surface area contributed by atoms with Crippen molar-refractivity contribution in [3.05, 3.63) is 29.8 Å². The molecule has 100 valence electrons. The fourth-order valence-electron chi connectivity index (χ4n) is 1.79. The molecule has 0 heterocycles. The van der Waals surface area contributed by atoms with Gasteiger partial charge in [-0.05, 0) is 33.3 Å². The van der Waals surface area contributed by atoms with Gasteiger partial charge in [-0.25, -0.2) is 0 Å². The van der Waals surface area contributed by atoms with E-state index in [4.69, 9.17) is 4.74 Å². The third-order valence-electron chi connectivity index (χ3n) is 3.34. The van der Waals surface area contributed by atoms with E-state index in [9.17, 15) is 4.79 Å². The van der Waals surface area contributed by atoms with Gasteiger partial charge in [0.25, 0.3) is 0 Å². The topological polar surface area (TPSA) is 38.3 Å². The highest BCUT2D eigenvalue weighted by Gasteiger charge is 2.32. The Labute approximate surface area is 110 Å². The van der Waals surface area contributed by atoms with Gasteiger partial charge in [-0.15, -0.1) is 0 Å². The van der Waals surface area contributed by atoms with Crippen LogP contribution in [0.2, 0.25) is 0 Å². The first-order valence-electron chi connectivity index (χ1n) is 6.38. The second kappa shape index (κ2) is 5.89. The van der Waals surface area contributed by atoms with Crippen LogP contribution in [0.15, 0.2) is 24.3 Å². The molecule has 1 amide bonds. The van der Waals surface area contributed by atoms with Crippen molar-refractivity contribution in [2.75, 3.05) is 7.11 Å². The summed E-state index contributed by atoms with van der Waals surface area (Å²) >= 11 is 0. The zero-order chi connectivity index (χ0) is 13.8. The molecular weight excluding hydrogens is 226 g/mol. The molecule has 18 heavy (non-hydrogen) atoms. The summed E-state index contributed by atoms with van der Waals surface area (Å²) in [5.74, 6) is 0.781. The van der Waals surface area contributed by atoms with Crippen LogP contribution in [-0.2, 0) is 10.2 Å². The van der Waals surface area contributed by atoms with Crippen molar-refractivity contribution in [2.24, 2.45) is 0 Å². The molecule has 1 atom stereocenters. The molecule has 1 aromatic rings. The number of amides is 1. The molecule has 1 unspecified atom stereocenters. The second-order valence-corrected chi connectivity index (χ2v) is 5.11. The van der Waals surface area contributed by atoms with Crippen molar-refractivity contribution in [1.29, 1.82) is 0 Å². The molecule has 1 N–H and O–H groups in total. The Morgan fingerprint density at radius 1 is 1.39 bits per heavy atom. The third kappa shape index (κ3) is 3.03. The number of benzene rings is 1. The maximum atomic E-state index is 12.3. The smallest absolute Gasteiger partial charge is 0.230 e. The van der Waals surface area contributed by atoms with Gasteiger partial charge in [0.2, 0.25) is 5.91 Å². The summed E-state index contributed by atoms with van der Waals surface area (Å²) in [5, 5.41) is 3.03. The minimum Gasteiger partial charge on any atom is -0.496 e. The fourth-order valence-corrected chi connectivity index (χ4v) is 1.79. The van der Waals surface area contributed by atoms with E-state index in [-0.39, 0.29) is 11.9 Å². The monoisotopic (exact) mass is 249 g/mol. The van der Waals surface area contributed by atoms with Gasteiger partial charge in [0.1, 0.15) is 5.75 Å². The Balaban J connectivity index is 3.01. The molecule has 0 aliphatic rings. The van der Waals surface area contributed by atoms with Crippen LogP contribution in [0.4, 0.5) is 0 Å². The van der Waals surface area contributed by atoms with Crippen LogP contribution in [-0.4, -0.2) is 19.1 Å². The summed E-state index contributed by atoms with van der Waals surface area (Å²) in [6, 6.07) is 7.84. The van der Waals surface area contributed by atoms with E-state index in [0.29, 0.717) is 0 Å². The van der Waals surface area contributed by atoms with E-state index < -0.39 is 5.41 Å². The lowest BCUT2D eigenvalue weighted by atomic mass is 9.82. The zero-order valence-electron chi connectivity index (χ0n) is 11.9. The lowest BCUT2D eigenvalue weighted by molar-refractivity contribution is -0.126. The summed E-state index contributed by atoms with van der Waals surface area (Å²) < 4.78 is 5.33. The number of nitrogens with one attached hydrogen (secondary N) is 1. The highest BCUT2D eigenvalue weighted by atomic mass is 16.5. The Bertz CT molecular complexity index is 413. The van der Waals surface area contributed by atoms with Crippen LogP contribution in [0.1, 0.15) is 39.7 Å². The highest BCUT2D eigenvalue weighted by Crippen LogP contribution is 2.31. The zero-order valence-corrected chi connectivity index (χ0v) is 11.9. The summed E-state index contributed by atoms with van der Waals surface area (Å²) in [6.45, 7) is 7.91. The first kappa shape index (κ1) is 14.6. The summed E-state index contributed by atoms with van der Waals surface area (Å²) in [7, 11) is 1.63. The van der Waals surface area contributed by atoms with Gasteiger partial charge in [-0.3, -0.25) is 4.79 Å². The lowest BCUT2D eigenvalue weighted by Crippen LogP contribution is -2.44. The quantitative estimate of drug-likeness (QED) is 0.871. The summed E-state index contributed by atoms with van der Waals surface area (Å²) in [4.78, 5) is 12.3. The van der Waals surface area contributed by atoms with Crippen LogP contribution < -0.4 is 10.1 Å². The number of para-hydroxylation sites is 1. The van der Waals surface area contributed by atoms with Gasteiger partial charge in [0, 0.05) is 11.6 Å². The van der Waals surface area contributed by atoms with Crippen LogP contribution in [0, 0.1) is 0 Å². The van der Waals surface area contributed by atoms with Crippen molar-refractivity contribution in [3.8, 4) is 5.75 Å². The third-order valence-corrected chi connectivity index (χ3v) is 3.34. The number of carbonyl (C=O) groups excluding carboxylic acids is 1. The van der Waals surface area contributed by atoms with Crippen molar-refractivity contribution in [2.45, 2.75) is 45.6 Å². The van der Waals surface area contributed by atoms with E-state index >= 15 is 0 Å². The summed E-state index contributed by atoms with van der Waals surface area (Å²) in [6.07, 6.45) is 0.924. The van der Waals surface area contributed by atoms with E-state index in [1.54, 1.807) is 7.11 Å². The van der Waals surface area contributed by atoms with Gasteiger partial charge in [0.15, 0.2) is 0 Å². The van der Waals surface area contributed by atoms with E-state index in [2.05, 4.69) is 12.2 Å². The fraction of sp³-hybridized carbons (Fsp3) is 0.533. The normalized spacial score (nSPS) is 12.9. The largest absolute Gasteiger partial charge is 0.496 e. The molecule has 0 radical (unpaired) electrons. The molecule has 0 aromatic heterocycles. The number of rotatable bonds is 5. The second-order valence-electron chi connectivity index (χ2n) is 5.11. The SMILES string of the molecule is CCC(C)NC(=O)C(C)(C)c1ccccc1OC. The van der Waals surface area contributed by atoms with E-state index in [0.717, 1.165) is 17.7 Å². The lowest BCUT2D eigenvalue weighted by Gasteiger charge is -2.27. The van der Waals surface area contributed by atoms with Crippen molar-refractivity contribution < 1.29 is 9.53 Å². The predicted molar refractivity (Wildman–Crippen MR) is 73.9 cm³/mol. The van der Waals surface area contributed by atoms with E-state index in [1.807, 2.05) is 45.0 Å². The molecule has 0 fully saturated rings. The highest BCUT2D eigenvalue weighted by molar-refractivity contribution is 5.88. The molecular formula is C15H23NO2. The molecule has 0 spiro atoms.